The van der Waals surface area contributed by atoms with Gasteiger partial charge in [0.05, 0.1) is 46.7 Å². The Morgan fingerprint density at radius 1 is 0.726 bits per heavy atom. The molecule has 0 radical (unpaired) electrons. The van der Waals surface area contributed by atoms with Crippen molar-refractivity contribution in [2.75, 3.05) is 61.3 Å². The van der Waals surface area contributed by atoms with Gasteiger partial charge in [-0.3, -0.25) is 46.2 Å². The first-order chi connectivity index (χ1) is 38.6. The number of rotatable bonds is 37. The van der Waals surface area contributed by atoms with E-state index in [2.05, 4.69) is 18.7 Å². The molecule has 0 bridgehead atoms. The minimum atomic E-state index is -5.03. The number of amides is 1. The number of fused-ring (bicyclic) bond motifs is 2. The van der Waals surface area contributed by atoms with Crippen LogP contribution in [-0.4, -0.2) is 165 Å². The molecule has 29 nitrogen and oxygen atoms in total. The molecule has 2 heterocycles. The van der Waals surface area contributed by atoms with Crippen LogP contribution < -0.4 is 10.2 Å². The largest absolute Gasteiger partial charge is 0.481 e. The number of benzene rings is 2. The maximum Gasteiger partial charge on any atom is 0.481 e. The number of phosphoric acid groups is 2. The Hall–Kier alpha value is -4.19. The fourth-order valence-electron chi connectivity index (χ4n) is 9.82. The quantitative estimate of drug-likeness (QED) is 0.0147. The number of unbranched alkanes of at least 4 members (excludes halogenated alkanes) is 5. The van der Waals surface area contributed by atoms with Crippen LogP contribution in [0.4, 0.5) is 11.4 Å². The van der Waals surface area contributed by atoms with E-state index < -0.39 is 148 Å². The lowest BCUT2D eigenvalue weighted by atomic mass is 9.77. The summed E-state index contributed by atoms with van der Waals surface area (Å²) in [6.45, 7) is 5.11. The number of phosphoric ester groups is 2. The number of carbonyl (C=O) groups is 3. The standard InChI is InChI=1S/C48H71N3O26P2S5/c1-47(2)37-17-9-10-18-40(37)50(25-15-29-80(59,60)61)43(47)19-14-20-44-48(3,38-32-36(84(71,72)73)22-23-41(38)51(44)26-16-30-81(62,63)64)24-11-7-8-21-45(53)49-39(34-83(68,69)70)42(52)31-35(33-82(65,66)67)46(54)75-27-12-5-6-13-28-76-79(57,58)77-78(55,56)74-4/h9-10,14,17-20,22-23,32,35,39H,5-8,11-13,15-16,21,24-31,33-34H2,1-4H3,(H7-,49,53,55,56,57,58,59,60,61,62,63,64,65,66,67,68,69,70,71,72,73)/p+1. The predicted octanol–water partition coefficient (Wildman–Crippen LogP) is 4.85. The van der Waals surface area contributed by atoms with Crippen molar-refractivity contribution in [1.82, 2.24) is 5.32 Å². The van der Waals surface area contributed by atoms with Crippen molar-refractivity contribution in [1.29, 1.82) is 0 Å². The van der Waals surface area contributed by atoms with Crippen LogP contribution >= 0.6 is 15.6 Å². The molecule has 4 rings (SSSR count). The fourth-order valence-corrected chi connectivity index (χ4v) is 14.6. The number of hydrogen-bond acceptors (Lipinski definition) is 20. The number of hydrogen-bond donors (Lipinski definition) is 8. The van der Waals surface area contributed by atoms with E-state index in [9.17, 15) is 98.2 Å². The number of ether oxygens (including phenoxy) is 1. The van der Waals surface area contributed by atoms with E-state index >= 15 is 0 Å². The number of nitrogens with one attached hydrogen (secondary N) is 1. The van der Waals surface area contributed by atoms with Crippen molar-refractivity contribution < 1.29 is 121 Å². The van der Waals surface area contributed by atoms with Crippen LogP contribution in [0.25, 0.3) is 0 Å². The zero-order valence-electron chi connectivity index (χ0n) is 46.3. The third-order valence-corrected chi connectivity index (χ3v) is 20.4. The van der Waals surface area contributed by atoms with Crippen LogP contribution in [0, 0.1) is 5.92 Å². The zero-order chi connectivity index (χ0) is 63.3. The highest BCUT2D eigenvalue weighted by molar-refractivity contribution is 7.86. The first-order valence-electron chi connectivity index (χ1n) is 26.0. The van der Waals surface area contributed by atoms with Gasteiger partial charge in [0.2, 0.25) is 11.6 Å². The van der Waals surface area contributed by atoms with Gasteiger partial charge >= 0.3 is 21.6 Å². The lowest BCUT2D eigenvalue weighted by Gasteiger charge is -2.30. The second-order valence-electron chi connectivity index (χ2n) is 20.7. The molecule has 2 aromatic rings. The Kier molecular flexibility index (Phi) is 25.5. The SMILES string of the molecule is COP(=O)(O)OP(=O)(O)OCCCCCCOC(=O)C(CC(=O)C(CS(=O)(=O)O)NC(=O)CCCCCC1(C)/C(=C\C=C\C2=[N+](CCCS(=O)(=O)O)c3ccccc3C2(C)C)N(CCCS(=O)(=O)O)c2ccc(S(=O)(=O)O)cc21)CS(=O)(=O)O. The molecule has 474 valence electrons. The number of Topliss-reactive ketones (excluding diaryl/α,β-unsaturated/α-hetero) is 1. The van der Waals surface area contributed by atoms with Crippen molar-refractivity contribution in [3.05, 3.63) is 77.5 Å². The fraction of sp³-hybridized carbons (Fsp3) is 0.583. The highest BCUT2D eigenvalue weighted by atomic mass is 32.2. The second-order valence-corrected chi connectivity index (χ2v) is 31.4. The van der Waals surface area contributed by atoms with Crippen molar-refractivity contribution in [3.8, 4) is 0 Å². The van der Waals surface area contributed by atoms with Crippen molar-refractivity contribution in [2.24, 2.45) is 5.92 Å². The maximum atomic E-state index is 13.5. The van der Waals surface area contributed by atoms with Gasteiger partial charge in [0, 0.05) is 67.4 Å². The number of anilines is 1. The molecule has 0 aliphatic carbocycles. The van der Waals surface area contributed by atoms with E-state index in [1.807, 2.05) is 42.7 Å². The molecule has 2 aliphatic heterocycles. The molecule has 0 aromatic heterocycles. The van der Waals surface area contributed by atoms with E-state index in [1.54, 1.807) is 30.1 Å². The number of para-hydroxylation sites is 1. The molecule has 2 aliphatic rings. The average Bonchev–Trinajstić information content (AvgIpc) is 2.05. The lowest BCUT2D eigenvalue weighted by Crippen LogP contribution is -2.46. The summed E-state index contributed by atoms with van der Waals surface area (Å²) in [6.07, 6.45) is 5.30. The van der Waals surface area contributed by atoms with Crippen molar-refractivity contribution in [3.63, 3.8) is 0 Å². The first-order valence-corrected chi connectivity index (χ1v) is 36.8. The Bertz CT molecular complexity index is 3520. The van der Waals surface area contributed by atoms with Gasteiger partial charge in [0.15, 0.2) is 11.5 Å². The zero-order valence-corrected chi connectivity index (χ0v) is 52.2. The number of allylic oxidation sites excluding steroid dienone is 4. The molecule has 0 saturated carbocycles. The van der Waals surface area contributed by atoms with Gasteiger partial charge in [0.1, 0.15) is 18.3 Å². The molecule has 5 unspecified atom stereocenters. The summed E-state index contributed by atoms with van der Waals surface area (Å²) < 4.78 is 212. The number of ketones is 1. The van der Waals surface area contributed by atoms with Crippen LogP contribution in [0.15, 0.2) is 71.3 Å². The summed E-state index contributed by atoms with van der Waals surface area (Å²) in [5, 5.41) is 2.19. The van der Waals surface area contributed by atoms with Crippen LogP contribution in [0.1, 0.15) is 109 Å². The maximum absolute atomic E-state index is 13.5. The summed E-state index contributed by atoms with van der Waals surface area (Å²) >= 11 is 0. The van der Waals surface area contributed by atoms with Crippen LogP contribution in [0.5, 0.6) is 0 Å². The molecule has 2 aromatic carbocycles. The van der Waals surface area contributed by atoms with E-state index in [1.165, 1.54) is 18.2 Å². The lowest BCUT2D eigenvalue weighted by molar-refractivity contribution is -0.437. The van der Waals surface area contributed by atoms with Gasteiger partial charge in [-0.05, 0) is 89.1 Å². The van der Waals surface area contributed by atoms with Gasteiger partial charge in [-0.1, -0.05) is 43.5 Å². The van der Waals surface area contributed by atoms with Gasteiger partial charge in [-0.15, -0.1) is 0 Å². The number of esters is 1. The summed E-state index contributed by atoms with van der Waals surface area (Å²) in [6, 6.07) is 9.33. The molecular weight excluding hydrogens is 1260 g/mol. The molecule has 0 fully saturated rings. The highest BCUT2D eigenvalue weighted by Gasteiger charge is 2.46. The molecule has 36 heteroatoms. The van der Waals surface area contributed by atoms with Crippen molar-refractivity contribution >= 4 is 101 Å². The summed E-state index contributed by atoms with van der Waals surface area (Å²) in [5.41, 5.74) is 2.04. The predicted molar refractivity (Wildman–Crippen MR) is 304 cm³/mol. The van der Waals surface area contributed by atoms with Crippen LogP contribution in [0.3, 0.4) is 0 Å². The summed E-state index contributed by atoms with van der Waals surface area (Å²) in [7, 11) is -32.6. The van der Waals surface area contributed by atoms with Crippen molar-refractivity contribution in [2.45, 2.75) is 120 Å². The van der Waals surface area contributed by atoms with E-state index in [4.69, 9.17) is 4.74 Å². The number of nitrogens with zero attached hydrogens (tertiary/aromatic N) is 2. The van der Waals surface area contributed by atoms with Crippen LogP contribution in [0.2, 0.25) is 0 Å². The third kappa shape index (κ3) is 22.8. The van der Waals surface area contributed by atoms with Gasteiger partial charge in [0.25, 0.3) is 50.6 Å². The Morgan fingerprint density at radius 3 is 1.94 bits per heavy atom. The Labute approximate surface area is 488 Å². The van der Waals surface area contributed by atoms with E-state index in [-0.39, 0.29) is 90.3 Å². The minimum absolute atomic E-state index is 0.0173. The molecule has 84 heavy (non-hydrogen) atoms. The summed E-state index contributed by atoms with van der Waals surface area (Å²) in [5.74, 6) is -9.30. The number of carbonyl (C=O) groups excluding carboxylic acids is 3. The molecule has 1 amide bonds. The smallest absolute Gasteiger partial charge is 0.465 e. The Morgan fingerprint density at radius 2 is 1.33 bits per heavy atom. The molecule has 8 N–H and O–H groups in total. The van der Waals surface area contributed by atoms with E-state index in [0.29, 0.717) is 16.9 Å². The van der Waals surface area contributed by atoms with Gasteiger partial charge < -0.3 is 24.7 Å². The third-order valence-electron chi connectivity index (χ3n) is 13.7. The molecule has 5 atom stereocenters. The highest BCUT2D eigenvalue weighted by Crippen LogP contribution is 2.60. The normalized spacial score (nSPS) is 19.2. The average molecular weight is 1330 g/mol. The first kappa shape index (κ1) is 72.3. The second kappa shape index (κ2) is 29.7. The molecule has 0 spiro atoms. The summed E-state index contributed by atoms with van der Waals surface area (Å²) in [4.78, 5) is 59.9. The Balaban J connectivity index is 1.52. The van der Waals surface area contributed by atoms with Gasteiger partial charge in [-0.2, -0.15) is 51.0 Å². The van der Waals surface area contributed by atoms with Gasteiger partial charge in [-0.25, -0.2) is 9.13 Å². The van der Waals surface area contributed by atoms with Crippen LogP contribution in [-0.2, 0) is 103 Å². The molecular formula is C48H72N3O26P2S5+. The minimum Gasteiger partial charge on any atom is -0.465 e. The van der Waals surface area contributed by atoms with E-state index in [0.717, 1.165) is 24.1 Å². The monoisotopic (exact) mass is 1330 g/mol. The topological polar surface area (TPSA) is 453 Å². The molecule has 0 saturated heterocycles.